The van der Waals surface area contributed by atoms with Crippen LogP contribution in [0.1, 0.15) is 48.3 Å². The fourth-order valence-electron chi connectivity index (χ4n) is 4.19. The SMILES string of the molecule is Cc1ccc(O[C@H](C)C(=O)N2CCC[C@H](c3ncc4c(n3)CCN(C)C4)C2)cc1. The summed E-state index contributed by atoms with van der Waals surface area (Å²) in [7, 11) is 2.13. The van der Waals surface area contributed by atoms with Crippen LogP contribution in [0.2, 0.25) is 0 Å². The summed E-state index contributed by atoms with van der Waals surface area (Å²) in [5.74, 6) is 1.85. The lowest BCUT2D eigenvalue weighted by Gasteiger charge is -2.34. The molecule has 3 heterocycles. The lowest BCUT2D eigenvalue weighted by molar-refractivity contribution is -0.139. The third kappa shape index (κ3) is 4.58. The Morgan fingerprint density at radius 3 is 2.83 bits per heavy atom. The summed E-state index contributed by atoms with van der Waals surface area (Å²) in [5.41, 5.74) is 3.57. The van der Waals surface area contributed by atoms with Gasteiger partial charge < -0.3 is 14.5 Å². The Kier molecular flexibility index (Phi) is 5.81. The summed E-state index contributed by atoms with van der Waals surface area (Å²) in [5, 5.41) is 0. The lowest BCUT2D eigenvalue weighted by Crippen LogP contribution is -2.45. The Balaban J connectivity index is 1.41. The van der Waals surface area contributed by atoms with Crippen molar-refractivity contribution in [3.8, 4) is 5.75 Å². The van der Waals surface area contributed by atoms with Crippen molar-refractivity contribution in [2.75, 3.05) is 26.7 Å². The molecule has 0 unspecified atom stereocenters. The van der Waals surface area contributed by atoms with E-state index in [0.717, 1.165) is 50.5 Å². The molecule has 0 saturated carbocycles. The number of benzene rings is 1. The number of likely N-dealkylation sites (tertiary alicyclic amines) is 1. The van der Waals surface area contributed by atoms with Gasteiger partial charge in [0.1, 0.15) is 11.6 Å². The van der Waals surface area contributed by atoms with Gasteiger partial charge in [-0.1, -0.05) is 17.7 Å². The quantitative estimate of drug-likeness (QED) is 0.798. The Morgan fingerprint density at radius 1 is 1.24 bits per heavy atom. The third-order valence-electron chi connectivity index (χ3n) is 5.92. The van der Waals surface area contributed by atoms with Crippen LogP contribution in [-0.2, 0) is 17.8 Å². The third-order valence-corrected chi connectivity index (χ3v) is 5.92. The van der Waals surface area contributed by atoms with Gasteiger partial charge >= 0.3 is 0 Å². The van der Waals surface area contributed by atoms with E-state index >= 15 is 0 Å². The monoisotopic (exact) mass is 394 g/mol. The highest BCUT2D eigenvalue weighted by Crippen LogP contribution is 2.27. The van der Waals surface area contributed by atoms with E-state index < -0.39 is 6.10 Å². The van der Waals surface area contributed by atoms with Crippen molar-refractivity contribution in [3.63, 3.8) is 0 Å². The molecule has 2 aliphatic heterocycles. The molecule has 154 valence electrons. The molecule has 29 heavy (non-hydrogen) atoms. The van der Waals surface area contributed by atoms with Crippen molar-refractivity contribution in [3.05, 3.63) is 53.1 Å². The summed E-state index contributed by atoms with van der Waals surface area (Å²) < 4.78 is 5.88. The summed E-state index contributed by atoms with van der Waals surface area (Å²) in [4.78, 5) is 26.7. The number of fused-ring (bicyclic) bond motifs is 1. The van der Waals surface area contributed by atoms with Gasteiger partial charge in [0.05, 0.1) is 0 Å². The molecule has 4 rings (SSSR count). The van der Waals surface area contributed by atoms with Crippen LogP contribution in [0, 0.1) is 6.92 Å². The van der Waals surface area contributed by atoms with Crippen LogP contribution >= 0.6 is 0 Å². The van der Waals surface area contributed by atoms with E-state index in [2.05, 4.69) is 16.9 Å². The van der Waals surface area contributed by atoms with E-state index in [-0.39, 0.29) is 11.8 Å². The van der Waals surface area contributed by atoms with Crippen molar-refractivity contribution < 1.29 is 9.53 Å². The first-order valence-electron chi connectivity index (χ1n) is 10.5. The molecular formula is C23H30N4O2. The van der Waals surface area contributed by atoms with Gasteiger partial charge in [-0.25, -0.2) is 9.97 Å². The zero-order chi connectivity index (χ0) is 20.4. The molecular weight excluding hydrogens is 364 g/mol. The Bertz CT molecular complexity index is 868. The van der Waals surface area contributed by atoms with E-state index in [1.165, 1.54) is 16.8 Å². The average molecular weight is 395 g/mol. The smallest absolute Gasteiger partial charge is 0.263 e. The van der Waals surface area contributed by atoms with Crippen LogP contribution in [-0.4, -0.2) is 58.5 Å². The minimum Gasteiger partial charge on any atom is -0.481 e. The molecule has 0 bridgehead atoms. The fraction of sp³-hybridized carbons (Fsp3) is 0.522. The first-order valence-corrected chi connectivity index (χ1v) is 10.5. The second-order valence-electron chi connectivity index (χ2n) is 8.38. The molecule has 2 aliphatic rings. The maximum Gasteiger partial charge on any atom is 0.263 e. The average Bonchev–Trinajstić information content (AvgIpc) is 2.74. The number of rotatable bonds is 4. The number of carbonyl (C=O) groups is 1. The predicted molar refractivity (Wildman–Crippen MR) is 112 cm³/mol. The summed E-state index contributed by atoms with van der Waals surface area (Å²) >= 11 is 0. The predicted octanol–water partition coefficient (Wildman–Crippen LogP) is 2.95. The van der Waals surface area contributed by atoms with Crippen LogP contribution in [0.25, 0.3) is 0 Å². The summed E-state index contributed by atoms with van der Waals surface area (Å²) in [6.45, 7) is 7.25. The van der Waals surface area contributed by atoms with Crippen molar-refractivity contribution in [1.29, 1.82) is 0 Å². The van der Waals surface area contributed by atoms with E-state index in [1.807, 2.05) is 49.2 Å². The van der Waals surface area contributed by atoms with Crippen LogP contribution in [0.4, 0.5) is 0 Å². The van der Waals surface area contributed by atoms with Crippen molar-refractivity contribution >= 4 is 5.91 Å². The van der Waals surface area contributed by atoms with Crippen molar-refractivity contribution in [1.82, 2.24) is 19.8 Å². The highest BCUT2D eigenvalue weighted by Gasteiger charge is 2.30. The van der Waals surface area contributed by atoms with E-state index in [4.69, 9.17) is 9.72 Å². The van der Waals surface area contributed by atoms with Gasteiger partial charge in [-0.3, -0.25) is 4.79 Å². The Labute approximate surface area is 172 Å². The Morgan fingerprint density at radius 2 is 2.03 bits per heavy atom. The van der Waals surface area contributed by atoms with Crippen LogP contribution < -0.4 is 4.74 Å². The topological polar surface area (TPSA) is 58.6 Å². The number of aryl methyl sites for hydroxylation is 1. The number of nitrogens with zero attached hydrogens (tertiary/aromatic N) is 4. The zero-order valence-electron chi connectivity index (χ0n) is 17.6. The molecule has 1 saturated heterocycles. The van der Waals surface area contributed by atoms with Gasteiger partial charge in [0.15, 0.2) is 6.10 Å². The van der Waals surface area contributed by atoms with Crippen LogP contribution in [0.5, 0.6) is 5.75 Å². The maximum atomic E-state index is 13.0. The minimum absolute atomic E-state index is 0.0369. The molecule has 1 aromatic heterocycles. The molecule has 1 amide bonds. The number of carbonyl (C=O) groups excluding carboxylic acids is 1. The molecule has 2 atom stereocenters. The second kappa shape index (κ2) is 8.49. The number of hydrogen-bond donors (Lipinski definition) is 0. The van der Waals surface area contributed by atoms with Crippen molar-refractivity contribution in [2.24, 2.45) is 0 Å². The molecule has 0 radical (unpaired) electrons. The minimum atomic E-state index is -0.503. The second-order valence-corrected chi connectivity index (χ2v) is 8.38. The number of amides is 1. The molecule has 0 aliphatic carbocycles. The fourth-order valence-corrected chi connectivity index (χ4v) is 4.19. The van der Waals surface area contributed by atoms with Gasteiger partial charge in [0.2, 0.25) is 0 Å². The standard InChI is InChI=1S/C23H30N4O2/c1-16-6-8-20(9-7-16)29-17(2)23(28)27-11-4-5-18(15-27)22-24-13-19-14-26(3)12-10-21(19)25-22/h6-9,13,17-18H,4-5,10-12,14-15H2,1-3H3/t17-,18+/m1/s1. The number of aromatic nitrogens is 2. The van der Waals surface area contributed by atoms with E-state index in [9.17, 15) is 4.79 Å². The molecule has 0 N–H and O–H groups in total. The van der Waals surface area contributed by atoms with E-state index in [1.54, 1.807) is 0 Å². The zero-order valence-corrected chi connectivity index (χ0v) is 17.6. The Hall–Kier alpha value is -2.47. The number of likely N-dealkylation sites (N-methyl/N-ethyl adjacent to an activating group) is 1. The van der Waals surface area contributed by atoms with E-state index in [0.29, 0.717) is 6.54 Å². The number of ether oxygens (including phenoxy) is 1. The normalized spacial score (nSPS) is 20.8. The molecule has 1 aromatic carbocycles. The lowest BCUT2D eigenvalue weighted by atomic mass is 9.96. The summed E-state index contributed by atoms with van der Waals surface area (Å²) in [6, 6.07) is 7.82. The largest absolute Gasteiger partial charge is 0.481 e. The highest BCUT2D eigenvalue weighted by molar-refractivity contribution is 5.81. The molecule has 0 spiro atoms. The summed E-state index contributed by atoms with van der Waals surface area (Å²) in [6.07, 6.45) is 4.44. The maximum absolute atomic E-state index is 13.0. The van der Waals surface area contributed by atoms with Crippen LogP contribution in [0.15, 0.2) is 30.5 Å². The molecule has 2 aromatic rings. The highest BCUT2D eigenvalue weighted by atomic mass is 16.5. The molecule has 6 heteroatoms. The number of hydrogen-bond acceptors (Lipinski definition) is 5. The molecule has 6 nitrogen and oxygen atoms in total. The van der Waals surface area contributed by atoms with Gasteiger partial charge in [-0.2, -0.15) is 0 Å². The number of piperidine rings is 1. The van der Waals surface area contributed by atoms with Gasteiger partial charge in [-0.05, 0) is 45.9 Å². The first kappa shape index (κ1) is 19.8. The first-order chi connectivity index (χ1) is 14.0. The van der Waals surface area contributed by atoms with Crippen LogP contribution in [0.3, 0.4) is 0 Å². The van der Waals surface area contributed by atoms with Gasteiger partial charge in [0.25, 0.3) is 5.91 Å². The van der Waals surface area contributed by atoms with Gasteiger partial charge in [-0.15, -0.1) is 0 Å². The van der Waals surface area contributed by atoms with Crippen molar-refractivity contribution in [2.45, 2.75) is 51.7 Å². The van der Waals surface area contributed by atoms with Gasteiger partial charge in [0, 0.05) is 56.0 Å². The molecule has 1 fully saturated rings.